The number of hydrogen-bond donors (Lipinski definition) is 0. The molecule has 0 radical (unpaired) electrons. The van der Waals surface area contributed by atoms with Gasteiger partial charge in [-0.25, -0.2) is 0 Å². The first kappa shape index (κ1) is 22.1. The Morgan fingerprint density at radius 1 is 0.342 bits per heavy atom. The van der Waals surface area contributed by atoms with Gasteiger partial charge in [0.25, 0.3) is 0 Å². The summed E-state index contributed by atoms with van der Waals surface area (Å²) < 4.78 is 6.60. The van der Waals surface area contributed by atoms with Crippen molar-refractivity contribution in [3.63, 3.8) is 0 Å². The van der Waals surface area contributed by atoms with E-state index in [9.17, 15) is 0 Å². The number of hydrogen-bond acceptors (Lipinski definition) is 2. The average molecular weight is 488 g/mol. The molecule has 2 heteroatoms. The van der Waals surface area contributed by atoms with Gasteiger partial charge in [-0.15, -0.1) is 0 Å². The summed E-state index contributed by atoms with van der Waals surface area (Å²) in [6.07, 6.45) is 0. The highest BCUT2D eigenvalue weighted by molar-refractivity contribution is 5.89. The Kier molecular flexibility index (Phi) is 5.49. The van der Waals surface area contributed by atoms with E-state index >= 15 is 0 Å². The largest absolute Gasteiger partial charge is 0.453 e. The first-order chi connectivity index (χ1) is 18.8. The topological polar surface area (TPSA) is 12.5 Å². The second-order valence-corrected chi connectivity index (χ2v) is 9.45. The van der Waals surface area contributed by atoms with E-state index in [0.717, 1.165) is 39.7 Å². The molecule has 2 nitrogen and oxygen atoms in total. The molecular weight excluding hydrogens is 462 g/mol. The van der Waals surface area contributed by atoms with E-state index in [1.807, 2.05) is 18.2 Å². The van der Waals surface area contributed by atoms with Crippen LogP contribution in [-0.2, 0) is 0 Å². The second-order valence-electron chi connectivity index (χ2n) is 9.45. The van der Waals surface area contributed by atoms with Crippen LogP contribution in [0.25, 0.3) is 33.4 Å². The van der Waals surface area contributed by atoms with Gasteiger partial charge in [0.05, 0.1) is 11.4 Å². The van der Waals surface area contributed by atoms with Crippen molar-refractivity contribution in [3.8, 4) is 44.9 Å². The average Bonchev–Trinajstić information content (AvgIpc) is 3.01. The lowest BCUT2D eigenvalue weighted by Crippen LogP contribution is -2.16. The van der Waals surface area contributed by atoms with Crippen molar-refractivity contribution in [2.24, 2.45) is 0 Å². The molecule has 180 valence electrons. The van der Waals surface area contributed by atoms with E-state index in [-0.39, 0.29) is 0 Å². The summed E-state index contributed by atoms with van der Waals surface area (Å²) in [5.74, 6) is 1.69. The van der Waals surface area contributed by atoms with Crippen LogP contribution in [-0.4, -0.2) is 0 Å². The predicted molar refractivity (Wildman–Crippen MR) is 158 cm³/mol. The molecule has 7 rings (SSSR count). The summed E-state index contributed by atoms with van der Waals surface area (Å²) in [7, 11) is 0. The number of ether oxygens (including phenoxy) is 1. The highest BCUT2D eigenvalue weighted by atomic mass is 16.5. The molecule has 38 heavy (non-hydrogen) atoms. The molecule has 0 aromatic heterocycles. The lowest BCUT2D eigenvalue weighted by Gasteiger charge is -2.33. The molecule has 6 aromatic carbocycles. The van der Waals surface area contributed by atoms with E-state index in [0.29, 0.717) is 0 Å². The first-order valence-corrected chi connectivity index (χ1v) is 12.9. The monoisotopic (exact) mass is 487 g/mol. The smallest absolute Gasteiger partial charge is 0.152 e. The zero-order valence-corrected chi connectivity index (χ0v) is 20.8. The maximum Gasteiger partial charge on any atom is 0.152 e. The molecule has 0 bridgehead atoms. The fraction of sp³-hybridized carbons (Fsp3) is 0. The minimum Gasteiger partial charge on any atom is -0.453 e. The zero-order chi connectivity index (χ0) is 25.3. The number of rotatable bonds is 4. The highest BCUT2D eigenvalue weighted by Gasteiger charge is 2.27. The van der Waals surface area contributed by atoms with Crippen LogP contribution in [0.15, 0.2) is 152 Å². The van der Waals surface area contributed by atoms with Crippen LogP contribution < -0.4 is 9.64 Å². The second kappa shape index (κ2) is 9.42. The molecule has 0 fully saturated rings. The fourth-order valence-corrected chi connectivity index (χ4v) is 5.14. The molecule has 6 aromatic rings. The van der Waals surface area contributed by atoms with Gasteiger partial charge in [0.15, 0.2) is 11.5 Å². The van der Waals surface area contributed by atoms with Crippen molar-refractivity contribution in [2.45, 2.75) is 0 Å². The van der Waals surface area contributed by atoms with E-state index in [1.54, 1.807) is 0 Å². The molecule has 0 amide bonds. The van der Waals surface area contributed by atoms with E-state index in [4.69, 9.17) is 4.74 Å². The van der Waals surface area contributed by atoms with E-state index < -0.39 is 0 Å². The maximum absolute atomic E-state index is 6.60. The number of nitrogens with zero attached hydrogens (tertiary/aromatic N) is 1. The summed E-state index contributed by atoms with van der Waals surface area (Å²) in [4.78, 5) is 2.30. The Hall–Kier alpha value is -5.08. The molecule has 0 spiro atoms. The lowest BCUT2D eigenvalue weighted by molar-refractivity contribution is 0.477. The van der Waals surface area contributed by atoms with Crippen LogP contribution in [0.5, 0.6) is 11.5 Å². The van der Waals surface area contributed by atoms with Gasteiger partial charge in [0.1, 0.15) is 0 Å². The number of anilines is 3. The van der Waals surface area contributed by atoms with Gasteiger partial charge in [0, 0.05) is 5.69 Å². The molecule has 0 saturated heterocycles. The Bertz CT molecular complexity index is 1620. The van der Waals surface area contributed by atoms with Crippen molar-refractivity contribution in [2.75, 3.05) is 4.90 Å². The van der Waals surface area contributed by atoms with Gasteiger partial charge in [-0.3, -0.25) is 0 Å². The van der Waals surface area contributed by atoms with Crippen molar-refractivity contribution in [1.82, 2.24) is 0 Å². The molecule has 1 aliphatic heterocycles. The summed E-state index contributed by atoms with van der Waals surface area (Å²) in [6, 6.07) is 53.1. The van der Waals surface area contributed by atoms with Crippen LogP contribution in [0.3, 0.4) is 0 Å². The third-order valence-corrected chi connectivity index (χ3v) is 7.07. The molecule has 0 N–H and O–H groups in total. The van der Waals surface area contributed by atoms with Crippen molar-refractivity contribution >= 4 is 17.1 Å². The number of benzene rings is 6. The fourth-order valence-electron chi connectivity index (χ4n) is 5.14. The van der Waals surface area contributed by atoms with Crippen LogP contribution in [0.2, 0.25) is 0 Å². The lowest BCUT2D eigenvalue weighted by atomic mass is 10.0. The number of fused-ring (bicyclic) bond motifs is 2. The molecular formula is C36H25NO. The van der Waals surface area contributed by atoms with Gasteiger partial charge in [-0.1, -0.05) is 115 Å². The summed E-state index contributed by atoms with van der Waals surface area (Å²) in [6.45, 7) is 0. The summed E-state index contributed by atoms with van der Waals surface area (Å²) >= 11 is 0. The van der Waals surface area contributed by atoms with Gasteiger partial charge in [0.2, 0.25) is 0 Å². The van der Waals surface area contributed by atoms with Gasteiger partial charge in [-0.2, -0.15) is 0 Å². The van der Waals surface area contributed by atoms with Gasteiger partial charge in [-0.05, 0) is 69.8 Å². The summed E-state index contributed by atoms with van der Waals surface area (Å²) in [5, 5.41) is 0. The quantitative estimate of drug-likeness (QED) is 0.245. The van der Waals surface area contributed by atoms with E-state index in [2.05, 4.69) is 138 Å². The minimum atomic E-state index is 0.844. The molecule has 1 heterocycles. The first-order valence-electron chi connectivity index (χ1n) is 12.9. The van der Waals surface area contributed by atoms with Crippen LogP contribution in [0.4, 0.5) is 17.1 Å². The van der Waals surface area contributed by atoms with E-state index in [1.165, 1.54) is 22.3 Å². The molecule has 1 aliphatic rings. The van der Waals surface area contributed by atoms with Crippen molar-refractivity contribution in [1.29, 1.82) is 0 Å². The van der Waals surface area contributed by atoms with Crippen LogP contribution >= 0.6 is 0 Å². The van der Waals surface area contributed by atoms with Gasteiger partial charge < -0.3 is 9.64 Å². The predicted octanol–water partition coefficient (Wildman–Crippen LogP) is 10.3. The van der Waals surface area contributed by atoms with Crippen LogP contribution in [0, 0.1) is 0 Å². The Morgan fingerprint density at radius 2 is 0.711 bits per heavy atom. The minimum absolute atomic E-state index is 0.844. The van der Waals surface area contributed by atoms with Crippen LogP contribution in [0.1, 0.15) is 0 Å². The SMILES string of the molecule is c1ccc(-c2ccc(N3c4ccc(-c5ccccc5)cc4Oc4cc(-c5ccccc5)ccc43)cc2)cc1. The molecule has 0 atom stereocenters. The van der Waals surface area contributed by atoms with Gasteiger partial charge >= 0.3 is 0 Å². The Balaban J connectivity index is 1.35. The molecule has 0 unspecified atom stereocenters. The van der Waals surface area contributed by atoms with Crippen molar-refractivity contribution < 1.29 is 4.74 Å². The normalized spacial score (nSPS) is 11.8. The standard InChI is InChI=1S/C36H25NO/c1-4-10-26(11-5-1)29-16-20-32(21-17-29)37-33-22-18-30(27-12-6-2-7-13-27)24-35(33)38-36-25-31(19-23-34(36)37)28-14-8-3-9-15-28/h1-25H. The zero-order valence-electron chi connectivity index (χ0n) is 20.8. The highest BCUT2D eigenvalue weighted by Crippen LogP contribution is 2.52. The molecule has 0 saturated carbocycles. The maximum atomic E-state index is 6.60. The third-order valence-electron chi connectivity index (χ3n) is 7.07. The molecule has 0 aliphatic carbocycles. The summed E-state index contributed by atoms with van der Waals surface area (Å²) in [5.41, 5.74) is 10.1. The Labute approximate surface area is 223 Å². The Morgan fingerprint density at radius 3 is 1.16 bits per heavy atom. The van der Waals surface area contributed by atoms with Crippen molar-refractivity contribution in [3.05, 3.63) is 152 Å². The third kappa shape index (κ3) is 4.03.